The highest BCUT2D eigenvalue weighted by Gasteiger charge is 2.49. The van der Waals surface area contributed by atoms with E-state index in [9.17, 15) is 9.90 Å². The Hall–Kier alpha value is -1.62. The Morgan fingerprint density at radius 1 is 1.80 bits per heavy atom. The Balaban J connectivity index is 2.34. The second kappa shape index (κ2) is 3.51. The van der Waals surface area contributed by atoms with Crippen molar-refractivity contribution in [3.05, 3.63) is 30.9 Å². The maximum absolute atomic E-state index is 11.4. The fourth-order valence-electron chi connectivity index (χ4n) is 1.81. The number of imidazole rings is 1. The summed E-state index contributed by atoms with van der Waals surface area (Å²) in [6.07, 6.45) is 4.92. The van der Waals surface area contributed by atoms with Gasteiger partial charge in [-0.3, -0.25) is 0 Å². The van der Waals surface area contributed by atoms with Crippen LogP contribution in [0.15, 0.2) is 25.2 Å². The molecule has 1 aromatic heterocycles. The van der Waals surface area contributed by atoms with Crippen molar-refractivity contribution in [1.29, 1.82) is 0 Å². The molecular formula is C10H12N2O3. The molecule has 1 aromatic rings. The van der Waals surface area contributed by atoms with Gasteiger partial charge in [0.05, 0.1) is 24.5 Å². The summed E-state index contributed by atoms with van der Waals surface area (Å²) in [5, 5.41) is 10.2. The summed E-state index contributed by atoms with van der Waals surface area (Å²) in [6, 6.07) is 0. The van der Waals surface area contributed by atoms with Crippen molar-refractivity contribution >= 4 is 5.97 Å². The van der Waals surface area contributed by atoms with Gasteiger partial charge in [0.2, 0.25) is 0 Å². The Morgan fingerprint density at radius 3 is 3.07 bits per heavy atom. The molecule has 80 valence electrons. The van der Waals surface area contributed by atoms with Gasteiger partial charge < -0.3 is 14.8 Å². The first-order valence-corrected chi connectivity index (χ1v) is 4.69. The van der Waals surface area contributed by atoms with Crippen molar-refractivity contribution in [3.8, 4) is 0 Å². The Labute approximate surface area is 86.8 Å². The summed E-state index contributed by atoms with van der Waals surface area (Å²) in [5.41, 5.74) is -0.928. The minimum atomic E-state index is -1.52. The van der Waals surface area contributed by atoms with Gasteiger partial charge in [0.1, 0.15) is 0 Å². The molecule has 2 rings (SSSR count). The van der Waals surface area contributed by atoms with Crippen LogP contribution < -0.4 is 0 Å². The van der Waals surface area contributed by atoms with E-state index in [-0.39, 0.29) is 13.0 Å². The van der Waals surface area contributed by atoms with E-state index >= 15 is 0 Å². The van der Waals surface area contributed by atoms with Gasteiger partial charge >= 0.3 is 5.97 Å². The molecule has 15 heavy (non-hydrogen) atoms. The van der Waals surface area contributed by atoms with Gasteiger partial charge in [-0.05, 0) is 0 Å². The first-order chi connectivity index (χ1) is 7.18. The second-order valence-corrected chi connectivity index (χ2v) is 3.52. The van der Waals surface area contributed by atoms with Crippen LogP contribution in [0.25, 0.3) is 0 Å². The molecule has 5 nitrogen and oxygen atoms in total. The third-order valence-corrected chi connectivity index (χ3v) is 2.66. The van der Waals surface area contributed by atoms with E-state index in [2.05, 4.69) is 16.5 Å². The maximum atomic E-state index is 11.4. The largest absolute Gasteiger partial charge is 0.463 e. The number of hydrogen-bond donors (Lipinski definition) is 2. The van der Waals surface area contributed by atoms with Gasteiger partial charge in [-0.1, -0.05) is 6.08 Å². The number of carbonyl (C=O) groups is 1. The van der Waals surface area contributed by atoms with Crippen LogP contribution in [0.3, 0.4) is 0 Å². The summed E-state index contributed by atoms with van der Waals surface area (Å²) in [6.45, 7) is 3.86. The van der Waals surface area contributed by atoms with Crippen molar-refractivity contribution in [2.45, 2.75) is 17.9 Å². The van der Waals surface area contributed by atoms with E-state index in [1.54, 1.807) is 6.20 Å². The van der Waals surface area contributed by atoms with Crippen molar-refractivity contribution in [2.24, 2.45) is 0 Å². The van der Waals surface area contributed by atoms with Crippen molar-refractivity contribution in [1.82, 2.24) is 9.97 Å². The lowest BCUT2D eigenvalue weighted by atomic mass is 9.84. The van der Waals surface area contributed by atoms with Crippen LogP contribution in [0, 0.1) is 0 Å². The number of H-pyrrole nitrogens is 1. The molecule has 0 saturated carbocycles. The van der Waals surface area contributed by atoms with Gasteiger partial charge in [-0.2, -0.15) is 0 Å². The fourth-order valence-corrected chi connectivity index (χ4v) is 1.81. The zero-order chi connectivity index (χ0) is 10.9. The Kier molecular flexibility index (Phi) is 2.32. The highest BCUT2D eigenvalue weighted by atomic mass is 16.6. The topological polar surface area (TPSA) is 75.2 Å². The maximum Gasteiger partial charge on any atom is 0.339 e. The van der Waals surface area contributed by atoms with Crippen molar-refractivity contribution < 1.29 is 14.6 Å². The number of nitrogens with zero attached hydrogens (tertiary/aromatic N) is 1. The predicted octanol–water partition coefficient (Wildman–Crippen LogP) is 0.357. The number of esters is 1. The lowest BCUT2D eigenvalue weighted by Crippen LogP contribution is -2.40. The molecule has 2 heterocycles. The zero-order valence-electron chi connectivity index (χ0n) is 8.14. The summed E-state index contributed by atoms with van der Waals surface area (Å²) in [7, 11) is 0. The van der Waals surface area contributed by atoms with E-state index in [0.717, 1.165) is 0 Å². The first kappa shape index (κ1) is 9.92. The van der Waals surface area contributed by atoms with Crippen LogP contribution in [-0.2, 0) is 9.53 Å². The number of nitrogens with one attached hydrogen (secondary N) is 1. The van der Waals surface area contributed by atoms with E-state index < -0.39 is 17.5 Å². The van der Waals surface area contributed by atoms with Gasteiger partial charge in [0.15, 0.2) is 5.60 Å². The number of aromatic nitrogens is 2. The molecule has 2 N–H and O–H groups in total. The van der Waals surface area contributed by atoms with Gasteiger partial charge in [-0.15, -0.1) is 6.58 Å². The third-order valence-electron chi connectivity index (χ3n) is 2.66. The number of hydrogen-bond acceptors (Lipinski definition) is 4. The lowest BCUT2D eigenvalue weighted by molar-refractivity contribution is -0.154. The first-order valence-electron chi connectivity index (χ1n) is 4.69. The molecule has 0 spiro atoms. The van der Waals surface area contributed by atoms with Crippen molar-refractivity contribution in [2.75, 3.05) is 6.61 Å². The number of ether oxygens (including phenoxy) is 1. The number of cyclic esters (lactones) is 1. The van der Waals surface area contributed by atoms with Gasteiger partial charge in [-0.25, -0.2) is 9.78 Å². The minimum Gasteiger partial charge on any atom is -0.463 e. The molecule has 1 aliphatic rings. The number of aliphatic hydroxyl groups is 1. The highest BCUT2D eigenvalue weighted by Crippen LogP contribution is 2.35. The average molecular weight is 208 g/mol. The molecule has 1 aliphatic heterocycles. The van der Waals surface area contributed by atoms with E-state index in [1.165, 1.54) is 12.4 Å². The predicted molar refractivity (Wildman–Crippen MR) is 52.1 cm³/mol. The summed E-state index contributed by atoms with van der Waals surface area (Å²) in [5.74, 6) is -1.13. The third kappa shape index (κ3) is 1.45. The Bertz CT molecular complexity index is 374. The summed E-state index contributed by atoms with van der Waals surface area (Å²) in [4.78, 5) is 18.2. The Morgan fingerprint density at radius 2 is 2.60 bits per heavy atom. The van der Waals surface area contributed by atoms with E-state index in [1.807, 2.05) is 0 Å². The summed E-state index contributed by atoms with van der Waals surface area (Å²) < 4.78 is 4.77. The SMILES string of the molecule is C=CC(c1c[nH]cn1)C1(O)CCOC1=O. The molecular weight excluding hydrogens is 196 g/mol. The van der Waals surface area contributed by atoms with Crippen LogP contribution in [0.5, 0.6) is 0 Å². The molecule has 0 amide bonds. The molecule has 1 fully saturated rings. The number of aromatic amines is 1. The molecule has 0 aliphatic carbocycles. The standard InChI is InChI=1S/C10H12N2O3/c1-2-7(8-5-11-6-12-8)10(14)3-4-15-9(10)13/h2,5-7,14H,1,3-4H2,(H,11,12). The quantitative estimate of drug-likeness (QED) is 0.555. The minimum absolute atomic E-state index is 0.240. The highest BCUT2D eigenvalue weighted by molar-refractivity contribution is 5.82. The molecule has 1 saturated heterocycles. The van der Waals surface area contributed by atoms with Gasteiger partial charge in [0, 0.05) is 12.6 Å². The molecule has 2 atom stereocenters. The molecule has 0 radical (unpaired) electrons. The average Bonchev–Trinajstić information content (AvgIpc) is 2.81. The second-order valence-electron chi connectivity index (χ2n) is 3.52. The van der Waals surface area contributed by atoms with Crippen LogP contribution in [0.2, 0.25) is 0 Å². The van der Waals surface area contributed by atoms with Crippen LogP contribution in [-0.4, -0.2) is 33.3 Å². The fraction of sp³-hybridized carbons (Fsp3) is 0.400. The molecule has 0 aromatic carbocycles. The van der Waals surface area contributed by atoms with Gasteiger partial charge in [0.25, 0.3) is 0 Å². The lowest BCUT2D eigenvalue weighted by Gasteiger charge is -2.24. The van der Waals surface area contributed by atoms with Crippen LogP contribution in [0.1, 0.15) is 18.0 Å². The molecule has 0 bridgehead atoms. The summed E-state index contributed by atoms with van der Waals surface area (Å²) >= 11 is 0. The number of carbonyl (C=O) groups excluding carboxylic acids is 1. The van der Waals surface area contributed by atoms with E-state index in [4.69, 9.17) is 4.74 Å². The number of rotatable bonds is 3. The monoisotopic (exact) mass is 208 g/mol. The van der Waals surface area contributed by atoms with Crippen LogP contribution in [0.4, 0.5) is 0 Å². The normalized spacial score (nSPS) is 27.4. The zero-order valence-corrected chi connectivity index (χ0v) is 8.14. The molecule has 5 heteroatoms. The van der Waals surface area contributed by atoms with Crippen molar-refractivity contribution in [3.63, 3.8) is 0 Å². The van der Waals surface area contributed by atoms with Crippen LogP contribution >= 0.6 is 0 Å². The van der Waals surface area contributed by atoms with E-state index in [0.29, 0.717) is 5.69 Å². The molecule has 2 unspecified atom stereocenters. The smallest absolute Gasteiger partial charge is 0.339 e.